The Morgan fingerprint density at radius 2 is 1.83 bits per heavy atom. The van der Waals surface area contributed by atoms with Crippen molar-refractivity contribution in [1.29, 1.82) is 0 Å². The quantitative estimate of drug-likeness (QED) is 0.768. The van der Waals surface area contributed by atoms with E-state index in [1.54, 1.807) is 18.2 Å². The van der Waals surface area contributed by atoms with Crippen molar-refractivity contribution < 1.29 is 13.2 Å². The zero-order chi connectivity index (χ0) is 21.5. The highest BCUT2D eigenvalue weighted by atomic mass is 32.2. The molecule has 1 aliphatic heterocycles. The zero-order valence-corrected chi connectivity index (χ0v) is 18.6. The lowest BCUT2D eigenvalue weighted by Gasteiger charge is -2.32. The van der Waals surface area contributed by atoms with Gasteiger partial charge in [-0.3, -0.25) is 4.79 Å². The van der Waals surface area contributed by atoms with Gasteiger partial charge in [-0.1, -0.05) is 18.6 Å². The minimum atomic E-state index is -3.64. The van der Waals surface area contributed by atoms with Crippen LogP contribution in [0.2, 0.25) is 0 Å². The monoisotopic (exact) mass is 427 g/mol. The number of benzene rings is 2. The average Bonchev–Trinajstić information content (AvgIpc) is 3.00. The average molecular weight is 428 g/mol. The Morgan fingerprint density at radius 1 is 1.13 bits per heavy atom. The van der Waals surface area contributed by atoms with Crippen molar-refractivity contribution in [2.24, 2.45) is 5.92 Å². The minimum Gasteiger partial charge on any atom is -0.378 e. The van der Waals surface area contributed by atoms with Gasteiger partial charge in [-0.15, -0.1) is 0 Å². The summed E-state index contributed by atoms with van der Waals surface area (Å²) >= 11 is 0. The summed E-state index contributed by atoms with van der Waals surface area (Å²) in [4.78, 5) is 16.9. The number of hydrogen-bond donors (Lipinski definition) is 1. The molecule has 4 rings (SSSR count). The number of rotatable bonds is 6. The molecule has 1 atom stereocenters. The summed E-state index contributed by atoms with van der Waals surface area (Å²) < 4.78 is 28.4. The third-order valence-corrected chi connectivity index (χ3v) is 7.59. The first kappa shape index (κ1) is 20.9. The van der Waals surface area contributed by atoms with E-state index in [1.165, 1.54) is 0 Å². The van der Waals surface area contributed by atoms with E-state index in [0.717, 1.165) is 41.8 Å². The molecule has 0 unspecified atom stereocenters. The molecule has 2 aromatic rings. The molecule has 0 radical (unpaired) electrons. The molecule has 1 heterocycles. The second-order valence-corrected chi connectivity index (χ2v) is 10.3. The van der Waals surface area contributed by atoms with Crippen molar-refractivity contribution >= 4 is 27.3 Å². The number of amides is 1. The summed E-state index contributed by atoms with van der Waals surface area (Å²) in [6.45, 7) is 2.26. The fraction of sp³-hybridized carbons (Fsp3) is 0.435. The van der Waals surface area contributed by atoms with E-state index < -0.39 is 10.0 Å². The van der Waals surface area contributed by atoms with Crippen LogP contribution in [0.4, 0.5) is 11.4 Å². The van der Waals surface area contributed by atoms with Crippen LogP contribution in [0, 0.1) is 5.92 Å². The van der Waals surface area contributed by atoms with Gasteiger partial charge in [0, 0.05) is 44.0 Å². The SMILES string of the molecule is C[C@H]1Cc2cc(S(=O)(=O)NCc3ccc(N(C)C)cc3)ccc2N1C(=O)C1CCC1. The fourth-order valence-electron chi connectivity index (χ4n) is 4.14. The van der Waals surface area contributed by atoms with Crippen LogP contribution < -0.4 is 14.5 Å². The summed E-state index contributed by atoms with van der Waals surface area (Å²) in [5, 5.41) is 0. The largest absolute Gasteiger partial charge is 0.378 e. The van der Waals surface area contributed by atoms with Gasteiger partial charge in [-0.05, 0) is 67.6 Å². The number of nitrogens with zero attached hydrogens (tertiary/aromatic N) is 2. The van der Waals surface area contributed by atoms with E-state index in [2.05, 4.69) is 4.72 Å². The topological polar surface area (TPSA) is 69.7 Å². The molecule has 0 aromatic heterocycles. The lowest BCUT2D eigenvalue weighted by atomic mass is 9.84. The Bertz CT molecular complexity index is 1040. The maximum absolute atomic E-state index is 12.8. The van der Waals surface area contributed by atoms with Crippen LogP contribution >= 0.6 is 0 Å². The van der Waals surface area contributed by atoms with Crippen LogP contribution in [-0.2, 0) is 27.8 Å². The van der Waals surface area contributed by atoms with E-state index in [-0.39, 0.29) is 29.3 Å². The van der Waals surface area contributed by atoms with Gasteiger partial charge in [0.2, 0.25) is 15.9 Å². The van der Waals surface area contributed by atoms with Gasteiger partial charge in [-0.2, -0.15) is 0 Å². The van der Waals surface area contributed by atoms with E-state index in [1.807, 2.05) is 55.1 Å². The van der Waals surface area contributed by atoms with Gasteiger partial charge in [0.05, 0.1) is 4.90 Å². The van der Waals surface area contributed by atoms with Crippen LogP contribution in [-0.4, -0.2) is 34.5 Å². The van der Waals surface area contributed by atoms with Gasteiger partial charge in [0.15, 0.2) is 0 Å². The van der Waals surface area contributed by atoms with E-state index in [0.29, 0.717) is 6.42 Å². The maximum Gasteiger partial charge on any atom is 0.240 e. The molecule has 2 aliphatic rings. The van der Waals surface area contributed by atoms with Crippen molar-refractivity contribution in [3.05, 3.63) is 53.6 Å². The normalized spacial score (nSPS) is 18.8. The first-order valence-electron chi connectivity index (χ1n) is 10.5. The van der Waals surface area contributed by atoms with Crippen LogP contribution in [0.25, 0.3) is 0 Å². The molecule has 1 N–H and O–H groups in total. The highest BCUT2D eigenvalue weighted by Gasteiger charge is 2.37. The van der Waals surface area contributed by atoms with Crippen molar-refractivity contribution in [3.8, 4) is 0 Å². The van der Waals surface area contributed by atoms with Crippen molar-refractivity contribution in [2.75, 3.05) is 23.9 Å². The van der Waals surface area contributed by atoms with Crippen molar-refractivity contribution in [1.82, 2.24) is 4.72 Å². The molecule has 1 aliphatic carbocycles. The number of carbonyl (C=O) groups is 1. The van der Waals surface area contributed by atoms with Crippen molar-refractivity contribution in [3.63, 3.8) is 0 Å². The number of anilines is 2. The van der Waals surface area contributed by atoms with Gasteiger partial charge in [0.25, 0.3) is 0 Å². The number of hydrogen-bond acceptors (Lipinski definition) is 4. The highest BCUT2D eigenvalue weighted by Crippen LogP contribution is 2.38. The number of carbonyl (C=O) groups excluding carboxylic acids is 1. The van der Waals surface area contributed by atoms with Gasteiger partial charge in [-0.25, -0.2) is 13.1 Å². The van der Waals surface area contributed by atoms with Crippen LogP contribution in [0.15, 0.2) is 47.4 Å². The van der Waals surface area contributed by atoms with Gasteiger partial charge < -0.3 is 9.80 Å². The summed E-state index contributed by atoms with van der Waals surface area (Å²) in [6.07, 6.45) is 3.72. The summed E-state index contributed by atoms with van der Waals surface area (Å²) in [7, 11) is 0.296. The second-order valence-electron chi connectivity index (χ2n) is 8.57. The fourth-order valence-corrected chi connectivity index (χ4v) is 5.20. The van der Waals surface area contributed by atoms with E-state index >= 15 is 0 Å². The van der Waals surface area contributed by atoms with E-state index in [9.17, 15) is 13.2 Å². The number of sulfonamides is 1. The Balaban J connectivity index is 1.49. The summed E-state index contributed by atoms with van der Waals surface area (Å²) in [5.74, 6) is 0.310. The van der Waals surface area contributed by atoms with Crippen molar-refractivity contribution in [2.45, 2.75) is 50.1 Å². The molecule has 1 amide bonds. The third kappa shape index (κ3) is 3.96. The minimum absolute atomic E-state index is 0.0641. The summed E-state index contributed by atoms with van der Waals surface area (Å²) in [5.41, 5.74) is 3.75. The maximum atomic E-state index is 12.8. The summed E-state index contributed by atoms with van der Waals surface area (Å²) in [6, 6.07) is 13.0. The van der Waals surface area contributed by atoms with Crippen LogP contribution in [0.5, 0.6) is 0 Å². The van der Waals surface area contributed by atoms with Crippen LogP contribution in [0.1, 0.15) is 37.3 Å². The molecule has 30 heavy (non-hydrogen) atoms. The van der Waals surface area contributed by atoms with Crippen LogP contribution in [0.3, 0.4) is 0 Å². The molecule has 7 heteroatoms. The predicted octanol–water partition coefficient (Wildman–Crippen LogP) is 3.31. The predicted molar refractivity (Wildman–Crippen MR) is 119 cm³/mol. The molecular formula is C23H29N3O3S. The molecule has 2 aromatic carbocycles. The third-order valence-electron chi connectivity index (χ3n) is 6.19. The van der Waals surface area contributed by atoms with Gasteiger partial charge in [0.1, 0.15) is 0 Å². The first-order chi connectivity index (χ1) is 14.3. The Morgan fingerprint density at radius 3 is 2.43 bits per heavy atom. The highest BCUT2D eigenvalue weighted by molar-refractivity contribution is 7.89. The number of fused-ring (bicyclic) bond motifs is 1. The Kier molecular flexibility index (Phi) is 5.59. The first-order valence-corrected chi connectivity index (χ1v) is 12.0. The molecule has 1 fully saturated rings. The smallest absolute Gasteiger partial charge is 0.240 e. The molecular weight excluding hydrogens is 398 g/mol. The Labute approximate surface area is 178 Å². The molecule has 1 saturated carbocycles. The second kappa shape index (κ2) is 8.04. The molecule has 160 valence electrons. The molecule has 0 saturated heterocycles. The lowest BCUT2D eigenvalue weighted by Crippen LogP contribution is -2.42. The van der Waals surface area contributed by atoms with E-state index in [4.69, 9.17) is 0 Å². The van der Waals surface area contributed by atoms with Gasteiger partial charge >= 0.3 is 0 Å². The number of nitrogens with one attached hydrogen (secondary N) is 1. The molecule has 0 spiro atoms. The zero-order valence-electron chi connectivity index (χ0n) is 17.8. The lowest BCUT2D eigenvalue weighted by molar-refractivity contribution is -0.125. The molecule has 0 bridgehead atoms. The standard InChI is InChI=1S/C23H29N3O3S/c1-16-13-19-14-21(11-12-22(19)26(16)23(27)18-5-4-6-18)30(28,29)24-15-17-7-9-20(10-8-17)25(2)3/h7-12,14,16,18,24H,4-6,13,15H2,1-3H3/t16-/m0/s1. The Hall–Kier alpha value is -2.38. The molecule has 6 nitrogen and oxygen atoms in total.